The standard InChI is InChI=1S/C10H14O.C6H10O3.C3H4O2/c1-10(2,3)8-4-6-9(11)7-5-8;1(5-3-8-5)7-2-6-4-9-6;1-2-3(4)5/h4-7,11H,1-3H3;5-6H,1-4H2;2H,1H2,(H,4,5). The molecule has 25 heavy (non-hydrogen) atoms. The average molecular weight is 352 g/mol. The van der Waals surface area contributed by atoms with Gasteiger partial charge in [0.1, 0.15) is 18.0 Å². The van der Waals surface area contributed by atoms with Gasteiger partial charge in [-0.05, 0) is 23.1 Å². The zero-order chi connectivity index (χ0) is 18.9. The SMILES string of the molecule is C(OCC1CO1)C1CO1.C=CC(=O)O.CC(C)(C)c1ccc(O)cc1. The lowest BCUT2D eigenvalue weighted by Crippen LogP contribution is -2.10. The molecular formula is C19H28O6. The van der Waals surface area contributed by atoms with Gasteiger partial charge in [-0.25, -0.2) is 4.79 Å². The highest BCUT2D eigenvalue weighted by atomic mass is 16.6. The summed E-state index contributed by atoms with van der Waals surface area (Å²) in [5.41, 5.74) is 1.42. The molecule has 0 bridgehead atoms. The topological polar surface area (TPSA) is 91.8 Å². The number of aliphatic carboxylic acids is 1. The Morgan fingerprint density at radius 3 is 1.88 bits per heavy atom. The lowest BCUT2D eigenvalue weighted by Gasteiger charge is -2.18. The largest absolute Gasteiger partial charge is 0.508 e. The normalized spacial score (nSPS) is 20.3. The van der Waals surface area contributed by atoms with E-state index in [1.54, 1.807) is 12.1 Å². The van der Waals surface area contributed by atoms with Crippen molar-refractivity contribution in [3.8, 4) is 5.75 Å². The van der Waals surface area contributed by atoms with Crippen LogP contribution in [0, 0.1) is 0 Å². The minimum atomic E-state index is -0.981. The molecule has 0 aliphatic carbocycles. The zero-order valence-corrected chi connectivity index (χ0v) is 15.1. The second-order valence-corrected chi connectivity index (χ2v) is 6.79. The Labute approximate surface area is 149 Å². The maximum absolute atomic E-state index is 9.25. The summed E-state index contributed by atoms with van der Waals surface area (Å²) in [6, 6.07) is 7.35. The highest BCUT2D eigenvalue weighted by molar-refractivity contribution is 5.78. The summed E-state index contributed by atoms with van der Waals surface area (Å²) >= 11 is 0. The van der Waals surface area contributed by atoms with Gasteiger partial charge in [-0.1, -0.05) is 39.5 Å². The molecule has 2 aliphatic heterocycles. The van der Waals surface area contributed by atoms with E-state index in [-0.39, 0.29) is 5.41 Å². The summed E-state index contributed by atoms with van der Waals surface area (Å²) in [6.07, 6.45) is 1.62. The fourth-order valence-electron chi connectivity index (χ4n) is 1.62. The summed E-state index contributed by atoms with van der Waals surface area (Å²) in [4.78, 5) is 9.25. The van der Waals surface area contributed by atoms with Crippen molar-refractivity contribution in [1.82, 2.24) is 0 Å². The molecule has 0 saturated carbocycles. The molecular weight excluding hydrogens is 324 g/mol. The quantitative estimate of drug-likeness (QED) is 0.625. The number of aromatic hydroxyl groups is 1. The Bertz CT molecular complexity index is 512. The van der Waals surface area contributed by atoms with Gasteiger partial charge in [0, 0.05) is 6.08 Å². The first-order valence-corrected chi connectivity index (χ1v) is 8.18. The smallest absolute Gasteiger partial charge is 0.327 e. The van der Waals surface area contributed by atoms with Gasteiger partial charge in [-0.2, -0.15) is 0 Å². The molecule has 2 fully saturated rings. The minimum absolute atomic E-state index is 0.174. The van der Waals surface area contributed by atoms with Gasteiger partial charge in [0.2, 0.25) is 0 Å². The van der Waals surface area contributed by atoms with E-state index < -0.39 is 5.97 Å². The van der Waals surface area contributed by atoms with Gasteiger partial charge in [0.05, 0.1) is 26.4 Å². The van der Waals surface area contributed by atoms with Gasteiger partial charge < -0.3 is 24.4 Å². The van der Waals surface area contributed by atoms with Crippen LogP contribution in [0.4, 0.5) is 0 Å². The molecule has 2 N–H and O–H groups in total. The molecule has 2 unspecified atom stereocenters. The van der Waals surface area contributed by atoms with E-state index in [1.165, 1.54) is 5.56 Å². The molecule has 2 heterocycles. The van der Waals surface area contributed by atoms with Crippen molar-refractivity contribution in [2.45, 2.75) is 38.4 Å². The van der Waals surface area contributed by atoms with Crippen molar-refractivity contribution in [3.05, 3.63) is 42.5 Å². The summed E-state index contributed by atoms with van der Waals surface area (Å²) < 4.78 is 15.1. The van der Waals surface area contributed by atoms with Crippen LogP contribution >= 0.6 is 0 Å². The highest BCUT2D eigenvalue weighted by Gasteiger charge is 2.26. The number of benzene rings is 1. The van der Waals surface area contributed by atoms with Crippen molar-refractivity contribution in [1.29, 1.82) is 0 Å². The van der Waals surface area contributed by atoms with E-state index in [2.05, 4.69) is 27.4 Å². The second-order valence-electron chi connectivity index (χ2n) is 6.79. The van der Waals surface area contributed by atoms with E-state index in [0.717, 1.165) is 32.5 Å². The molecule has 2 aliphatic rings. The number of ether oxygens (including phenoxy) is 3. The lowest BCUT2D eigenvalue weighted by molar-refractivity contribution is -0.131. The third-order valence-electron chi connectivity index (χ3n) is 3.32. The molecule has 1 aromatic carbocycles. The Morgan fingerprint density at radius 2 is 1.60 bits per heavy atom. The van der Waals surface area contributed by atoms with E-state index in [4.69, 9.17) is 24.4 Å². The maximum atomic E-state index is 9.25. The molecule has 6 heteroatoms. The predicted octanol–water partition coefficient (Wildman–Crippen LogP) is 2.75. The number of phenols is 1. The molecule has 0 amide bonds. The van der Waals surface area contributed by atoms with Gasteiger partial charge >= 0.3 is 5.97 Å². The predicted molar refractivity (Wildman–Crippen MR) is 94.9 cm³/mol. The van der Waals surface area contributed by atoms with E-state index >= 15 is 0 Å². The first-order valence-electron chi connectivity index (χ1n) is 8.18. The molecule has 140 valence electrons. The molecule has 1 aromatic rings. The van der Waals surface area contributed by atoms with Crippen LogP contribution in [-0.4, -0.2) is 54.8 Å². The summed E-state index contributed by atoms with van der Waals surface area (Å²) in [6.45, 7) is 12.7. The molecule has 2 atom stereocenters. The van der Waals surface area contributed by atoms with Crippen molar-refractivity contribution in [2.24, 2.45) is 0 Å². The number of phenolic OH excluding ortho intramolecular Hbond substituents is 1. The van der Waals surface area contributed by atoms with Gasteiger partial charge in [-0.15, -0.1) is 0 Å². The number of carboxylic acid groups (broad SMARTS) is 1. The van der Waals surface area contributed by atoms with Gasteiger partial charge in [-0.3, -0.25) is 0 Å². The van der Waals surface area contributed by atoms with Gasteiger partial charge in [0.25, 0.3) is 0 Å². The maximum Gasteiger partial charge on any atom is 0.327 e. The van der Waals surface area contributed by atoms with Crippen LogP contribution in [0.3, 0.4) is 0 Å². The number of carbonyl (C=O) groups is 1. The Morgan fingerprint density at radius 1 is 1.20 bits per heavy atom. The zero-order valence-electron chi connectivity index (χ0n) is 15.1. The summed E-state index contributed by atoms with van der Waals surface area (Å²) in [7, 11) is 0. The number of carboxylic acids is 1. The lowest BCUT2D eigenvalue weighted by atomic mass is 9.87. The monoisotopic (exact) mass is 352 g/mol. The fraction of sp³-hybridized carbons (Fsp3) is 0.526. The first-order chi connectivity index (χ1) is 11.7. The molecule has 0 spiro atoms. The van der Waals surface area contributed by atoms with E-state index in [0.29, 0.717) is 18.0 Å². The molecule has 6 nitrogen and oxygen atoms in total. The van der Waals surface area contributed by atoms with Crippen LogP contribution in [0.5, 0.6) is 5.75 Å². The fourth-order valence-corrected chi connectivity index (χ4v) is 1.62. The second kappa shape index (κ2) is 10.2. The Hall–Kier alpha value is -1.89. The summed E-state index contributed by atoms with van der Waals surface area (Å²) in [5.74, 6) is -0.650. The third kappa shape index (κ3) is 11.3. The van der Waals surface area contributed by atoms with Crippen molar-refractivity contribution >= 4 is 5.97 Å². The third-order valence-corrected chi connectivity index (χ3v) is 3.32. The molecule has 0 aromatic heterocycles. The number of rotatable bonds is 5. The number of hydrogen-bond acceptors (Lipinski definition) is 5. The highest BCUT2D eigenvalue weighted by Crippen LogP contribution is 2.23. The molecule has 2 saturated heterocycles. The van der Waals surface area contributed by atoms with Crippen molar-refractivity contribution in [2.75, 3.05) is 26.4 Å². The van der Waals surface area contributed by atoms with E-state index in [1.807, 2.05) is 12.1 Å². The molecule has 3 rings (SSSR count). The van der Waals surface area contributed by atoms with Crippen LogP contribution in [0.15, 0.2) is 36.9 Å². The minimum Gasteiger partial charge on any atom is -0.508 e. The average Bonchev–Trinajstić information content (AvgIpc) is 3.43. The van der Waals surface area contributed by atoms with Crippen LogP contribution in [0.2, 0.25) is 0 Å². The summed E-state index contributed by atoms with van der Waals surface area (Å²) in [5, 5.41) is 16.6. The van der Waals surface area contributed by atoms with Crippen molar-refractivity contribution < 1.29 is 29.2 Å². The first kappa shape index (κ1) is 21.2. The number of epoxide rings is 2. The van der Waals surface area contributed by atoms with Crippen molar-refractivity contribution in [3.63, 3.8) is 0 Å². The van der Waals surface area contributed by atoms with E-state index in [9.17, 15) is 4.79 Å². The number of hydrogen-bond donors (Lipinski definition) is 2. The Balaban J connectivity index is 0.000000201. The van der Waals surface area contributed by atoms with Crippen LogP contribution in [-0.2, 0) is 24.4 Å². The van der Waals surface area contributed by atoms with Gasteiger partial charge in [0.15, 0.2) is 0 Å². The molecule has 0 radical (unpaired) electrons. The van der Waals surface area contributed by atoms with Crippen LogP contribution in [0.25, 0.3) is 0 Å². The Kier molecular flexibility index (Phi) is 8.61. The van der Waals surface area contributed by atoms with Crippen LogP contribution in [0.1, 0.15) is 26.3 Å². The van der Waals surface area contributed by atoms with Crippen LogP contribution < -0.4 is 0 Å².